The number of likely N-dealkylation sites (tertiary alicyclic amines) is 1. The first-order chi connectivity index (χ1) is 10.3. The molecule has 1 saturated heterocycles. The molecule has 110 valence electrons. The number of thiazole rings is 1. The molecule has 21 heavy (non-hydrogen) atoms. The molecular formula is C16H19N3OS. The molecule has 2 aromatic heterocycles. The van der Waals surface area contributed by atoms with Gasteiger partial charge in [0.05, 0.1) is 10.7 Å². The zero-order chi connectivity index (χ0) is 14.7. The number of carbonyl (C=O) groups is 1. The SMILES string of the molecule is CCc1csc([C@H]2CCCN(C(=O)c3ccncc3)C2)n1. The number of aryl methyl sites for hydroxylation is 1. The molecule has 0 N–H and O–H groups in total. The van der Waals surface area contributed by atoms with E-state index < -0.39 is 0 Å². The van der Waals surface area contributed by atoms with Crippen LogP contribution in [-0.2, 0) is 6.42 Å². The maximum Gasteiger partial charge on any atom is 0.253 e. The van der Waals surface area contributed by atoms with Crippen LogP contribution >= 0.6 is 11.3 Å². The molecule has 0 unspecified atom stereocenters. The van der Waals surface area contributed by atoms with Crippen LogP contribution in [0, 0.1) is 0 Å². The summed E-state index contributed by atoms with van der Waals surface area (Å²) < 4.78 is 0. The molecule has 3 rings (SSSR count). The van der Waals surface area contributed by atoms with Gasteiger partial charge in [0.1, 0.15) is 0 Å². The lowest BCUT2D eigenvalue weighted by molar-refractivity contribution is 0.0707. The van der Waals surface area contributed by atoms with Crippen LogP contribution in [0.3, 0.4) is 0 Å². The Kier molecular flexibility index (Phi) is 4.29. The minimum atomic E-state index is 0.106. The lowest BCUT2D eigenvalue weighted by Crippen LogP contribution is -2.39. The third-order valence-corrected chi connectivity index (χ3v) is 4.97. The second kappa shape index (κ2) is 6.35. The fraction of sp³-hybridized carbons (Fsp3) is 0.438. The van der Waals surface area contributed by atoms with Gasteiger partial charge in [-0.2, -0.15) is 0 Å². The van der Waals surface area contributed by atoms with Gasteiger partial charge < -0.3 is 4.90 Å². The van der Waals surface area contributed by atoms with Crippen LogP contribution in [0.2, 0.25) is 0 Å². The highest BCUT2D eigenvalue weighted by molar-refractivity contribution is 7.09. The molecule has 1 aliphatic heterocycles. The standard InChI is InChI=1S/C16H19N3OS/c1-2-14-11-21-15(18-14)13-4-3-9-19(10-13)16(20)12-5-7-17-8-6-12/h5-8,11,13H,2-4,9-10H2,1H3/t13-/m0/s1. The van der Waals surface area contributed by atoms with Gasteiger partial charge in [0.25, 0.3) is 5.91 Å². The minimum absolute atomic E-state index is 0.106. The van der Waals surface area contributed by atoms with Gasteiger partial charge in [-0.15, -0.1) is 11.3 Å². The fourth-order valence-corrected chi connectivity index (χ4v) is 3.74. The Bertz CT molecular complexity index is 611. The van der Waals surface area contributed by atoms with Crippen molar-refractivity contribution >= 4 is 17.2 Å². The number of rotatable bonds is 3. The number of amides is 1. The molecule has 0 bridgehead atoms. The van der Waals surface area contributed by atoms with Crippen molar-refractivity contribution in [1.29, 1.82) is 0 Å². The van der Waals surface area contributed by atoms with E-state index in [2.05, 4.69) is 22.3 Å². The first kappa shape index (κ1) is 14.2. The predicted octanol–water partition coefficient (Wildman–Crippen LogP) is 3.12. The van der Waals surface area contributed by atoms with Crippen molar-refractivity contribution in [1.82, 2.24) is 14.9 Å². The fourth-order valence-electron chi connectivity index (χ4n) is 2.71. The van der Waals surface area contributed by atoms with Crippen LogP contribution < -0.4 is 0 Å². The average Bonchev–Trinajstić information content (AvgIpc) is 3.04. The molecule has 1 fully saturated rings. The predicted molar refractivity (Wildman–Crippen MR) is 83.6 cm³/mol. The number of carbonyl (C=O) groups excluding carboxylic acids is 1. The van der Waals surface area contributed by atoms with E-state index in [1.807, 2.05) is 4.90 Å². The lowest BCUT2D eigenvalue weighted by Gasteiger charge is -2.31. The van der Waals surface area contributed by atoms with Crippen molar-refractivity contribution < 1.29 is 4.79 Å². The number of hydrogen-bond acceptors (Lipinski definition) is 4. The Morgan fingerprint density at radius 3 is 2.95 bits per heavy atom. The molecule has 4 nitrogen and oxygen atoms in total. The molecule has 1 aliphatic rings. The third kappa shape index (κ3) is 3.13. The summed E-state index contributed by atoms with van der Waals surface area (Å²) in [6, 6.07) is 3.56. The van der Waals surface area contributed by atoms with Crippen molar-refractivity contribution in [3.8, 4) is 0 Å². The van der Waals surface area contributed by atoms with Crippen molar-refractivity contribution in [2.75, 3.05) is 13.1 Å². The molecule has 0 aromatic carbocycles. The van der Waals surface area contributed by atoms with Gasteiger partial charge in [-0.3, -0.25) is 9.78 Å². The average molecular weight is 301 g/mol. The molecule has 1 amide bonds. The summed E-state index contributed by atoms with van der Waals surface area (Å²) in [5.41, 5.74) is 1.88. The molecule has 0 radical (unpaired) electrons. The highest BCUT2D eigenvalue weighted by atomic mass is 32.1. The second-order valence-electron chi connectivity index (χ2n) is 5.36. The van der Waals surface area contributed by atoms with E-state index in [1.165, 1.54) is 5.01 Å². The molecule has 0 saturated carbocycles. The summed E-state index contributed by atoms with van der Waals surface area (Å²) in [6.45, 7) is 3.74. The summed E-state index contributed by atoms with van der Waals surface area (Å²) in [5.74, 6) is 0.490. The van der Waals surface area contributed by atoms with E-state index in [-0.39, 0.29) is 5.91 Å². The number of pyridine rings is 1. The number of nitrogens with zero attached hydrogens (tertiary/aromatic N) is 3. The number of aromatic nitrogens is 2. The van der Waals surface area contributed by atoms with E-state index in [4.69, 9.17) is 0 Å². The van der Waals surface area contributed by atoms with Gasteiger partial charge in [-0.1, -0.05) is 6.92 Å². The quantitative estimate of drug-likeness (QED) is 0.875. The minimum Gasteiger partial charge on any atom is -0.338 e. The largest absolute Gasteiger partial charge is 0.338 e. The maximum absolute atomic E-state index is 12.5. The molecule has 1 atom stereocenters. The normalized spacial score (nSPS) is 18.7. The summed E-state index contributed by atoms with van der Waals surface area (Å²) >= 11 is 1.73. The summed E-state index contributed by atoms with van der Waals surface area (Å²) in [5, 5.41) is 3.32. The number of piperidine rings is 1. The third-order valence-electron chi connectivity index (χ3n) is 3.92. The van der Waals surface area contributed by atoms with E-state index in [0.717, 1.165) is 43.6 Å². The first-order valence-corrected chi connectivity index (χ1v) is 8.29. The van der Waals surface area contributed by atoms with Crippen molar-refractivity contribution in [2.45, 2.75) is 32.1 Å². The second-order valence-corrected chi connectivity index (χ2v) is 6.25. The molecule has 0 spiro atoms. The Balaban J connectivity index is 1.72. The smallest absolute Gasteiger partial charge is 0.253 e. The maximum atomic E-state index is 12.5. The van der Waals surface area contributed by atoms with Crippen LogP contribution in [0.5, 0.6) is 0 Å². The Morgan fingerprint density at radius 1 is 1.43 bits per heavy atom. The summed E-state index contributed by atoms with van der Waals surface area (Å²) in [7, 11) is 0. The van der Waals surface area contributed by atoms with Crippen LogP contribution in [0.1, 0.15) is 46.7 Å². The Hall–Kier alpha value is -1.75. The van der Waals surface area contributed by atoms with E-state index in [0.29, 0.717) is 5.92 Å². The Morgan fingerprint density at radius 2 is 2.24 bits per heavy atom. The molecular weight excluding hydrogens is 282 g/mol. The monoisotopic (exact) mass is 301 g/mol. The molecule has 2 aromatic rings. The highest BCUT2D eigenvalue weighted by Gasteiger charge is 2.27. The van der Waals surface area contributed by atoms with Gasteiger partial charge in [-0.25, -0.2) is 4.98 Å². The van der Waals surface area contributed by atoms with Crippen molar-refractivity contribution in [3.63, 3.8) is 0 Å². The van der Waals surface area contributed by atoms with Gasteiger partial charge in [0.15, 0.2) is 0 Å². The highest BCUT2D eigenvalue weighted by Crippen LogP contribution is 2.30. The summed E-state index contributed by atoms with van der Waals surface area (Å²) in [4.78, 5) is 23.1. The zero-order valence-electron chi connectivity index (χ0n) is 12.2. The van der Waals surface area contributed by atoms with Crippen LogP contribution in [0.25, 0.3) is 0 Å². The van der Waals surface area contributed by atoms with Gasteiger partial charge in [0.2, 0.25) is 0 Å². The van der Waals surface area contributed by atoms with Crippen LogP contribution in [-0.4, -0.2) is 33.9 Å². The molecule has 0 aliphatic carbocycles. The van der Waals surface area contributed by atoms with Crippen LogP contribution in [0.15, 0.2) is 29.9 Å². The Labute approximate surface area is 128 Å². The van der Waals surface area contributed by atoms with Crippen LogP contribution in [0.4, 0.5) is 0 Å². The van der Waals surface area contributed by atoms with E-state index in [9.17, 15) is 4.79 Å². The lowest BCUT2D eigenvalue weighted by atomic mass is 9.98. The summed E-state index contributed by atoms with van der Waals surface area (Å²) in [6.07, 6.45) is 6.48. The topological polar surface area (TPSA) is 46.1 Å². The van der Waals surface area contributed by atoms with Crippen molar-refractivity contribution in [2.24, 2.45) is 0 Å². The van der Waals surface area contributed by atoms with Gasteiger partial charge in [0, 0.05) is 42.3 Å². The molecule has 3 heterocycles. The van der Waals surface area contributed by atoms with Gasteiger partial charge in [-0.05, 0) is 31.4 Å². The van der Waals surface area contributed by atoms with E-state index in [1.54, 1.807) is 35.9 Å². The first-order valence-electron chi connectivity index (χ1n) is 7.41. The van der Waals surface area contributed by atoms with Gasteiger partial charge >= 0.3 is 0 Å². The number of hydrogen-bond donors (Lipinski definition) is 0. The zero-order valence-corrected chi connectivity index (χ0v) is 13.0. The molecule has 5 heteroatoms. The van der Waals surface area contributed by atoms with Crippen molar-refractivity contribution in [3.05, 3.63) is 46.2 Å². The van der Waals surface area contributed by atoms with E-state index >= 15 is 0 Å².